The molecule has 0 heterocycles. The summed E-state index contributed by atoms with van der Waals surface area (Å²) in [5, 5.41) is 8.75. The van der Waals surface area contributed by atoms with Crippen molar-refractivity contribution < 1.29 is 23.1 Å². The van der Waals surface area contributed by atoms with Crippen LogP contribution in [-0.4, -0.2) is 35.6 Å². The fraction of sp³-hybridized carbons (Fsp3) is 0.462. The molecular formula is C13H17F3N2O2. The predicted molar refractivity (Wildman–Crippen MR) is 69.1 cm³/mol. The maximum Gasteiger partial charge on any atom is 0.418 e. The van der Waals surface area contributed by atoms with E-state index >= 15 is 0 Å². The maximum absolute atomic E-state index is 12.7. The van der Waals surface area contributed by atoms with E-state index < -0.39 is 23.3 Å². The van der Waals surface area contributed by atoms with Gasteiger partial charge in [0.1, 0.15) is 0 Å². The third-order valence-corrected chi connectivity index (χ3v) is 2.86. The van der Waals surface area contributed by atoms with Crippen molar-refractivity contribution in [3.8, 4) is 0 Å². The summed E-state index contributed by atoms with van der Waals surface area (Å²) in [7, 11) is 0. The van der Waals surface area contributed by atoms with Gasteiger partial charge in [-0.25, -0.2) is 0 Å². The molecule has 1 amide bonds. The SMILES string of the molecule is CCN(CCCO)C(=O)c1ccc(N)c(C(F)(F)F)c1. The van der Waals surface area contributed by atoms with E-state index in [4.69, 9.17) is 10.8 Å². The van der Waals surface area contributed by atoms with Crippen LogP contribution in [0.5, 0.6) is 0 Å². The first kappa shape index (κ1) is 16.3. The predicted octanol–water partition coefficient (Wildman–Crippen LogP) is 2.13. The summed E-state index contributed by atoms with van der Waals surface area (Å²) >= 11 is 0. The van der Waals surface area contributed by atoms with E-state index in [1.54, 1.807) is 6.92 Å². The number of benzene rings is 1. The van der Waals surface area contributed by atoms with Crippen molar-refractivity contribution in [3.63, 3.8) is 0 Å². The number of carbonyl (C=O) groups excluding carboxylic acids is 1. The normalized spacial score (nSPS) is 11.4. The molecule has 4 nitrogen and oxygen atoms in total. The molecule has 1 aromatic carbocycles. The highest BCUT2D eigenvalue weighted by molar-refractivity contribution is 5.95. The van der Waals surface area contributed by atoms with Crippen LogP contribution < -0.4 is 5.73 Å². The van der Waals surface area contributed by atoms with Crippen LogP contribution in [0.1, 0.15) is 29.3 Å². The summed E-state index contributed by atoms with van der Waals surface area (Å²) < 4.78 is 38.2. The van der Waals surface area contributed by atoms with E-state index in [-0.39, 0.29) is 18.7 Å². The molecule has 0 aliphatic rings. The highest BCUT2D eigenvalue weighted by Gasteiger charge is 2.33. The summed E-state index contributed by atoms with van der Waals surface area (Å²) in [5.74, 6) is -0.508. The zero-order valence-electron chi connectivity index (χ0n) is 11.1. The zero-order chi connectivity index (χ0) is 15.3. The standard InChI is InChI=1S/C13H17F3N2O2/c1-2-18(6-3-7-19)12(20)9-4-5-11(17)10(8-9)13(14,15)16/h4-5,8,19H,2-3,6-7,17H2,1H3. The van der Waals surface area contributed by atoms with Gasteiger partial charge in [-0.15, -0.1) is 0 Å². The van der Waals surface area contributed by atoms with E-state index in [0.717, 1.165) is 12.1 Å². The van der Waals surface area contributed by atoms with E-state index in [2.05, 4.69) is 0 Å². The van der Waals surface area contributed by atoms with Crippen molar-refractivity contribution in [1.82, 2.24) is 4.90 Å². The van der Waals surface area contributed by atoms with Crippen LogP contribution in [0.25, 0.3) is 0 Å². The molecule has 1 aromatic rings. The highest BCUT2D eigenvalue weighted by Crippen LogP contribution is 2.34. The molecule has 0 aromatic heterocycles. The molecule has 0 radical (unpaired) electrons. The summed E-state index contributed by atoms with van der Waals surface area (Å²) in [4.78, 5) is 13.5. The van der Waals surface area contributed by atoms with Crippen LogP contribution in [0.2, 0.25) is 0 Å². The summed E-state index contributed by atoms with van der Waals surface area (Å²) in [6.07, 6.45) is -4.22. The number of carbonyl (C=O) groups is 1. The van der Waals surface area contributed by atoms with Gasteiger partial charge in [0, 0.05) is 30.9 Å². The molecule has 0 unspecified atom stereocenters. The molecule has 0 atom stereocenters. The van der Waals surface area contributed by atoms with Crippen molar-refractivity contribution in [2.45, 2.75) is 19.5 Å². The molecule has 0 fully saturated rings. The Kier molecular flexibility index (Phi) is 5.38. The molecule has 0 bridgehead atoms. The number of amides is 1. The molecule has 3 N–H and O–H groups in total. The Hall–Kier alpha value is -1.76. The third-order valence-electron chi connectivity index (χ3n) is 2.86. The van der Waals surface area contributed by atoms with Crippen molar-refractivity contribution in [2.24, 2.45) is 0 Å². The number of hydrogen-bond donors (Lipinski definition) is 2. The Morgan fingerprint density at radius 2 is 2.05 bits per heavy atom. The topological polar surface area (TPSA) is 66.6 Å². The number of aliphatic hydroxyl groups is 1. The average molecular weight is 290 g/mol. The monoisotopic (exact) mass is 290 g/mol. The summed E-state index contributed by atoms with van der Waals surface area (Å²) in [6, 6.07) is 3.11. The maximum atomic E-state index is 12.7. The van der Waals surface area contributed by atoms with Gasteiger partial charge >= 0.3 is 6.18 Å². The molecule has 1 rings (SSSR count). The van der Waals surface area contributed by atoms with Gasteiger partial charge in [0.05, 0.1) is 5.56 Å². The minimum Gasteiger partial charge on any atom is -0.398 e. The smallest absolute Gasteiger partial charge is 0.398 e. The lowest BCUT2D eigenvalue weighted by molar-refractivity contribution is -0.136. The van der Waals surface area contributed by atoms with E-state index in [9.17, 15) is 18.0 Å². The molecule has 7 heteroatoms. The Bertz CT molecular complexity index is 475. The van der Waals surface area contributed by atoms with Crippen LogP contribution >= 0.6 is 0 Å². The van der Waals surface area contributed by atoms with E-state index in [1.807, 2.05) is 0 Å². The number of hydrogen-bond acceptors (Lipinski definition) is 3. The minimum atomic E-state index is -4.59. The lowest BCUT2D eigenvalue weighted by Gasteiger charge is -2.21. The van der Waals surface area contributed by atoms with Crippen molar-refractivity contribution >= 4 is 11.6 Å². The molecule has 0 saturated carbocycles. The summed E-state index contributed by atoms with van der Waals surface area (Å²) in [6.45, 7) is 2.28. The van der Waals surface area contributed by atoms with Gasteiger partial charge in [-0.05, 0) is 31.5 Å². The Balaban J connectivity index is 3.04. The number of nitrogens with two attached hydrogens (primary N) is 1. The van der Waals surface area contributed by atoms with Gasteiger partial charge in [-0.1, -0.05) is 0 Å². The molecule has 0 aliphatic heterocycles. The van der Waals surface area contributed by atoms with Gasteiger partial charge in [0.15, 0.2) is 0 Å². The van der Waals surface area contributed by atoms with Gasteiger partial charge < -0.3 is 15.7 Å². The van der Waals surface area contributed by atoms with Gasteiger partial charge in [0.25, 0.3) is 5.91 Å². The first-order chi connectivity index (χ1) is 9.31. The van der Waals surface area contributed by atoms with Gasteiger partial charge in [-0.3, -0.25) is 4.79 Å². The van der Waals surface area contributed by atoms with Crippen molar-refractivity contribution in [2.75, 3.05) is 25.4 Å². The second-order valence-corrected chi connectivity index (χ2v) is 4.26. The van der Waals surface area contributed by atoms with Crippen LogP contribution in [0.4, 0.5) is 18.9 Å². The second kappa shape index (κ2) is 6.60. The second-order valence-electron chi connectivity index (χ2n) is 4.26. The van der Waals surface area contributed by atoms with Crippen LogP contribution in [0, 0.1) is 0 Å². The van der Waals surface area contributed by atoms with Crippen molar-refractivity contribution in [1.29, 1.82) is 0 Å². The molecule has 0 aliphatic carbocycles. The van der Waals surface area contributed by atoms with Gasteiger partial charge in [0.2, 0.25) is 0 Å². The highest BCUT2D eigenvalue weighted by atomic mass is 19.4. The average Bonchev–Trinajstić information content (AvgIpc) is 2.38. The fourth-order valence-electron chi connectivity index (χ4n) is 1.78. The fourth-order valence-corrected chi connectivity index (χ4v) is 1.78. The van der Waals surface area contributed by atoms with E-state index in [0.29, 0.717) is 13.0 Å². The first-order valence-electron chi connectivity index (χ1n) is 6.18. The third kappa shape index (κ3) is 3.86. The first-order valence-corrected chi connectivity index (χ1v) is 6.18. The number of anilines is 1. The lowest BCUT2D eigenvalue weighted by Crippen LogP contribution is -2.32. The number of aliphatic hydroxyl groups excluding tert-OH is 1. The largest absolute Gasteiger partial charge is 0.418 e. The minimum absolute atomic E-state index is 0.0636. The molecule has 20 heavy (non-hydrogen) atoms. The molecule has 112 valence electrons. The Morgan fingerprint density at radius 1 is 1.40 bits per heavy atom. The number of halogens is 3. The summed E-state index contributed by atoms with van der Waals surface area (Å²) in [5.41, 5.74) is 3.80. The Morgan fingerprint density at radius 3 is 2.55 bits per heavy atom. The quantitative estimate of drug-likeness (QED) is 0.816. The number of nitrogen functional groups attached to an aromatic ring is 1. The number of rotatable bonds is 5. The number of nitrogens with zero attached hydrogens (tertiary/aromatic N) is 1. The van der Waals surface area contributed by atoms with Crippen LogP contribution in [0.15, 0.2) is 18.2 Å². The molecule has 0 spiro atoms. The number of alkyl halides is 3. The Labute approximate surface area is 115 Å². The zero-order valence-corrected chi connectivity index (χ0v) is 11.1. The van der Waals surface area contributed by atoms with Crippen molar-refractivity contribution in [3.05, 3.63) is 29.3 Å². The lowest BCUT2D eigenvalue weighted by atomic mass is 10.1. The van der Waals surface area contributed by atoms with E-state index in [1.165, 1.54) is 11.0 Å². The van der Waals surface area contributed by atoms with Gasteiger partial charge in [-0.2, -0.15) is 13.2 Å². The molecular weight excluding hydrogens is 273 g/mol. The van der Waals surface area contributed by atoms with Crippen LogP contribution in [-0.2, 0) is 6.18 Å². The van der Waals surface area contributed by atoms with Crippen LogP contribution in [0.3, 0.4) is 0 Å². The molecule has 0 saturated heterocycles.